The van der Waals surface area contributed by atoms with Crippen molar-refractivity contribution in [3.05, 3.63) is 54.1 Å². The maximum absolute atomic E-state index is 13.6. The number of carbonyl (C=O) groups excluding carboxylic acids is 2. The van der Waals surface area contributed by atoms with Gasteiger partial charge < -0.3 is 10.1 Å². The van der Waals surface area contributed by atoms with Gasteiger partial charge in [0, 0.05) is 6.04 Å². The molecule has 2 aromatic rings. The Morgan fingerprint density at radius 3 is 2.63 bits per heavy atom. The van der Waals surface area contributed by atoms with Crippen LogP contribution in [0.1, 0.15) is 44.2 Å². The zero-order valence-electron chi connectivity index (χ0n) is 17.6. The Kier molecular flexibility index (Phi) is 6.04. The predicted molar refractivity (Wildman–Crippen MR) is 118 cm³/mol. The molecule has 1 saturated heterocycles. The summed E-state index contributed by atoms with van der Waals surface area (Å²) < 4.78 is 5.30. The molecule has 0 radical (unpaired) electrons. The van der Waals surface area contributed by atoms with Gasteiger partial charge in [0.25, 0.3) is 0 Å². The van der Waals surface area contributed by atoms with E-state index in [1.165, 1.54) is 12.0 Å². The summed E-state index contributed by atoms with van der Waals surface area (Å²) in [5, 5.41) is 2.86. The van der Waals surface area contributed by atoms with Crippen molar-refractivity contribution in [1.82, 2.24) is 4.90 Å². The molecule has 0 aromatic heterocycles. The molecule has 6 heteroatoms. The Hall–Kier alpha value is -2.86. The molecule has 2 aliphatic rings. The van der Waals surface area contributed by atoms with Gasteiger partial charge in [0.05, 0.1) is 24.5 Å². The van der Waals surface area contributed by atoms with Crippen molar-refractivity contribution in [3.8, 4) is 5.75 Å². The molecule has 2 heterocycles. The van der Waals surface area contributed by atoms with Crippen LogP contribution in [0.15, 0.2) is 48.5 Å². The molecule has 30 heavy (non-hydrogen) atoms. The number of carbonyl (C=O) groups is 2. The first kappa shape index (κ1) is 20.4. The second-order valence-electron chi connectivity index (χ2n) is 8.04. The Balaban J connectivity index is 1.61. The molecule has 6 nitrogen and oxygen atoms in total. The summed E-state index contributed by atoms with van der Waals surface area (Å²) >= 11 is 0. The number of anilines is 2. The lowest BCUT2D eigenvalue weighted by Gasteiger charge is -2.38. The average molecular weight is 408 g/mol. The minimum absolute atomic E-state index is 0.0299. The van der Waals surface area contributed by atoms with Gasteiger partial charge >= 0.3 is 0 Å². The van der Waals surface area contributed by atoms with Crippen LogP contribution in [0.3, 0.4) is 0 Å². The van der Waals surface area contributed by atoms with Crippen LogP contribution in [-0.2, 0) is 9.59 Å². The highest BCUT2D eigenvalue weighted by Crippen LogP contribution is 2.35. The summed E-state index contributed by atoms with van der Waals surface area (Å²) in [7, 11) is 1.67. The van der Waals surface area contributed by atoms with E-state index < -0.39 is 0 Å². The van der Waals surface area contributed by atoms with Gasteiger partial charge in [0.1, 0.15) is 12.3 Å². The van der Waals surface area contributed by atoms with Crippen molar-refractivity contribution >= 4 is 23.2 Å². The summed E-state index contributed by atoms with van der Waals surface area (Å²) in [6.45, 7) is 2.89. The maximum Gasteiger partial charge on any atom is 0.244 e. The van der Waals surface area contributed by atoms with Crippen LogP contribution < -0.4 is 15.0 Å². The smallest absolute Gasteiger partial charge is 0.244 e. The number of ether oxygens (including phenoxy) is 1. The van der Waals surface area contributed by atoms with E-state index in [1.807, 2.05) is 43.3 Å². The van der Waals surface area contributed by atoms with E-state index in [4.69, 9.17) is 4.74 Å². The SMILES string of the molecule is COc1ccc([C@H]2CCCCCN2[C@H](C)C(=O)N2CC(=O)Nc3ccccc32)cc1. The molecular weight excluding hydrogens is 378 g/mol. The Bertz CT molecular complexity index is 912. The molecular formula is C24H29N3O3. The molecule has 0 bridgehead atoms. The standard InChI is InChI=1S/C24H29N3O3/c1-17(24(29)27-16-23(28)25-20-8-5-6-10-22(20)27)26-15-7-3-4-9-21(26)18-11-13-19(30-2)14-12-18/h5-6,8,10-14,17,21H,3-4,7,9,15-16H2,1-2H3,(H,25,28)/t17-,21-/m1/s1. The van der Waals surface area contributed by atoms with E-state index in [0.717, 1.165) is 37.2 Å². The van der Waals surface area contributed by atoms with E-state index in [2.05, 4.69) is 22.3 Å². The molecule has 4 rings (SSSR count). The topological polar surface area (TPSA) is 61.9 Å². The number of hydrogen-bond donors (Lipinski definition) is 1. The molecule has 0 unspecified atom stereocenters. The van der Waals surface area contributed by atoms with Crippen LogP contribution in [0, 0.1) is 0 Å². The van der Waals surface area contributed by atoms with Crippen molar-refractivity contribution in [2.24, 2.45) is 0 Å². The number of para-hydroxylation sites is 2. The number of likely N-dealkylation sites (tertiary alicyclic amines) is 1. The fraction of sp³-hybridized carbons (Fsp3) is 0.417. The number of nitrogens with zero attached hydrogens (tertiary/aromatic N) is 2. The van der Waals surface area contributed by atoms with Gasteiger partial charge in [-0.2, -0.15) is 0 Å². The minimum Gasteiger partial charge on any atom is -0.497 e. The van der Waals surface area contributed by atoms with Gasteiger partial charge in [0.15, 0.2) is 0 Å². The molecule has 1 fully saturated rings. The Morgan fingerprint density at radius 1 is 1.10 bits per heavy atom. The van der Waals surface area contributed by atoms with Gasteiger partial charge in [-0.15, -0.1) is 0 Å². The van der Waals surface area contributed by atoms with Crippen LogP contribution in [0.4, 0.5) is 11.4 Å². The number of methoxy groups -OCH3 is 1. The van der Waals surface area contributed by atoms with E-state index in [1.54, 1.807) is 12.0 Å². The molecule has 0 spiro atoms. The lowest BCUT2D eigenvalue weighted by atomic mass is 9.99. The number of fused-ring (bicyclic) bond motifs is 1. The summed E-state index contributed by atoms with van der Waals surface area (Å²) in [4.78, 5) is 29.7. The Morgan fingerprint density at radius 2 is 1.87 bits per heavy atom. The van der Waals surface area contributed by atoms with E-state index in [9.17, 15) is 9.59 Å². The summed E-state index contributed by atoms with van der Waals surface area (Å²) in [5.74, 6) is 0.647. The first-order valence-corrected chi connectivity index (χ1v) is 10.7. The van der Waals surface area contributed by atoms with Crippen molar-refractivity contribution in [2.75, 3.05) is 30.4 Å². The summed E-state index contributed by atoms with van der Waals surface area (Å²) in [6.07, 6.45) is 4.39. The normalized spacial score (nSPS) is 20.7. The van der Waals surface area contributed by atoms with Crippen LogP contribution in [-0.4, -0.2) is 43.0 Å². The fourth-order valence-corrected chi connectivity index (χ4v) is 4.58. The predicted octanol–water partition coefficient (Wildman–Crippen LogP) is 3.99. The van der Waals surface area contributed by atoms with Crippen LogP contribution in [0.5, 0.6) is 5.75 Å². The monoisotopic (exact) mass is 407 g/mol. The third-order valence-corrected chi connectivity index (χ3v) is 6.19. The highest BCUT2D eigenvalue weighted by atomic mass is 16.5. The fourth-order valence-electron chi connectivity index (χ4n) is 4.58. The first-order chi connectivity index (χ1) is 14.6. The molecule has 0 saturated carbocycles. The zero-order valence-corrected chi connectivity index (χ0v) is 17.6. The number of hydrogen-bond acceptors (Lipinski definition) is 4. The summed E-state index contributed by atoms with van der Waals surface area (Å²) in [6, 6.07) is 15.5. The quantitative estimate of drug-likeness (QED) is 0.833. The number of benzene rings is 2. The number of amides is 2. The van der Waals surface area contributed by atoms with E-state index >= 15 is 0 Å². The van der Waals surface area contributed by atoms with Crippen molar-refractivity contribution < 1.29 is 14.3 Å². The van der Waals surface area contributed by atoms with Gasteiger partial charge in [-0.25, -0.2) is 0 Å². The van der Waals surface area contributed by atoms with E-state index in [0.29, 0.717) is 5.69 Å². The molecule has 1 N–H and O–H groups in total. The second kappa shape index (κ2) is 8.88. The largest absolute Gasteiger partial charge is 0.497 e. The summed E-state index contributed by atoms with van der Waals surface area (Å²) in [5.41, 5.74) is 2.66. The molecule has 0 aliphatic carbocycles. The molecule has 2 aromatic carbocycles. The zero-order chi connectivity index (χ0) is 21.1. The highest BCUT2D eigenvalue weighted by molar-refractivity contribution is 6.11. The Labute approximate surface area is 177 Å². The molecule has 2 aliphatic heterocycles. The van der Waals surface area contributed by atoms with Crippen LogP contribution >= 0.6 is 0 Å². The van der Waals surface area contributed by atoms with Gasteiger partial charge in [-0.1, -0.05) is 37.1 Å². The minimum atomic E-state index is -0.325. The van der Waals surface area contributed by atoms with Gasteiger partial charge in [-0.05, 0) is 56.1 Å². The van der Waals surface area contributed by atoms with Crippen molar-refractivity contribution in [3.63, 3.8) is 0 Å². The second-order valence-corrected chi connectivity index (χ2v) is 8.04. The van der Waals surface area contributed by atoms with Gasteiger partial charge in [0.2, 0.25) is 11.8 Å². The highest BCUT2D eigenvalue weighted by Gasteiger charge is 2.35. The average Bonchev–Trinajstić information content (AvgIpc) is 3.03. The number of rotatable bonds is 4. The lowest BCUT2D eigenvalue weighted by molar-refractivity contribution is -0.126. The lowest BCUT2D eigenvalue weighted by Crippen LogP contribution is -2.52. The third-order valence-electron chi connectivity index (χ3n) is 6.19. The first-order valence-electron chi connectivity index (χ1n) is 10.7. The van der Waals surface area contributed by atoms with Crippen LogP contribution in [0.25, 0.3) is 0 Å². The molecule has 2 amide bonds. The van der Waals surface area contributed by atoms with Crippen LogP contribution in [0.2, 0.25) is 0 Å². The molecule has 2 atom stereocenters. The van der Waals surface area contributed by atoms with E-state index in [-0.39, 0.29) is 30.4 Å². The van der Waals surface area contributed by atoms with Crippen molar-refractivity contribution in [2.45, 2.75) is 44.7 Å². The maximum atomic E-state index is 13.6. The molecule has 158 valence electrons. The van der Waals surface area contributed by atoms with Gasteiger partial charge in [-0.3, -0.25) is 19.4 Å². The number of nitrogens with one attached hydrogen (secondary N) is 1. The van der Waals surface area contributed by atoms with Crippen molar-refractivity contribution in [1.29, 1.82) is 0 Å². The third kappa shape index (κ3) is 4.05.